The van der Waals surface area contributed by atoms with E-state index in [0.717, 1.165) is 25.3 Å². The molecule has 37 heavy (non-hydrogen) atoms. The van der Waals surface area contributed by atoms with Gasteiger partial charge in [-0.2, -0.15) is 0 Å². The average molecular weight is 532 g/mol. The summed E-state index contributed by atoms with van der Waals surface area (Å²) in [5.74, 6) is -1.80. The van der Waals surface area contributed by atoms with Crippen molar-refractivity contribution in [3.8, 4) is 0 Å². The van der Waals surface area contributed by atoms with Crippen LogP contribution in [-0.2, 0) is 4.74 Å². The summed E-state index contributed by atoms with van der Waals surface area (Å²) >= 11 is 6.84. The van der Waals surface area contributed by atoms with Crippen molar-refractivity contribution >= 4 is 40.3 Å². The lowest BCUT2D eigenvalue weighted by Gasteiger charge is -2.36. The number of halogens is 2. The van der Waals surface area contributed by atoms with Crippen LogP contribution in [0.2, 0.25) is 5.02 Å². The number of allylic oxidation sites excluding steroid dienone is 1. The molecule has 2 fully saturated rings. The summed E-state index contributed by atoms with van der Waals surface area (Å²) in [6.07, 6.45) is 7.42. The number of carbonyl (C=O) groups excluding carboxylic acids is 1. The Morgan fingerprint density at radius 2 is 1.95 bits per heavy atom. The van der Waals surface area contributed by atoms with Gasteiger partial charge < -0.3 is 24.2 Å². The first-order chi connectivity index (χ1) is 17.4. The molecule has 0 bridgehead atoms. The summed E-state index contributed by atoms with van der Waals surface area (Å²) in [6.45, 7) is 6.47. The molecule has 0 radical (unpaired) electrons. The van der Waals surface area contributed by atoms with Crippen LogP contribution in [0.15, 0.2) is 29.2 Å². The van der Waals surface area contributed by atoms with Gasteiger partial charge in [0, 0.05) is 38.3 Å². The van der Waals surface area contributed by atoms with Gasteiger partial charge in [-0.15, -0.1) is 0 Å². The van der Waals surface area contributed by atoms with E-state index in [1.807, 2.05) is 37.8 Å². The summed E-state index contributed by atoms with van der Waals surface area (Å²) < 4.78 is 22.9. The zero-order chi connectivity index (χ0) is 26.8. The highest BCUT2D eigenvalue weighted by molar-refractivity contribution is 6.38. The Balaban J connectivity index is 1.52. The molecule has 2 aromatic rings. The van der Waals surface area contributed by atoms with Crippen molar-refractivity contribution in [2.45, 2.75) is 57.7 Å². The number of ether oxygens (including phenoxy) is 1. The fourth-order valence-corrected chi connectivity index (χ4v) is 6.05. The van der Waals surface area contributed by atoms with Crippen LogP contribution >= 0.6 is 11.6 Å². The van der Waals surface area contributed by atoms with Gasteiger partial charge in [-0.3, -0.25) is 4.79 Å². The van der Waals surface area contributed by atoms with Crippen LogP contribution in [0.25, 0.3) is 10.9 Å². The number of carboxylic acid groups (broad SMARTS) is 1. The third-order valence-electron chi connectivity index (χ3n) is 7.50. The van der Waals surface area contributed by atoms with Crippen LogP contribution in [0, 0.1) is 17.7 Å². The Morgan fingerprint density at radius 1 is 1.24 bits per heavy atom. The number of pyridine rings is 1. The molecular formula is C27H31ClFN3O5. The Kier molecular flexibility index (Phi) is 6.25. The molecule has 3 aliphatic rings. The van der Waals surface area contributed by atoms with Crippen molar-refractivity contribution in [1.29, 1.82) is 0 Å². The summed E-state index contributed by atoms with van der Waals surface area (Å²) in [5.41, 5.74) is -1.19. The number of rotatable bonds is 4. The number of aromatic nitrogens is 1. The highest BCUT2D eigenvalue weighted by atomic mass is 35.5. The second-order valence-corrected chi connectivity index (χ2v) is 11.7. The number of carboxylic acids is 1. The number of likely N-dealkylation sites (N-methyl/N-ethyl adjacent to an activating group) is 1. The van der Waals surface area contributed by atoms with Gasteiger partial charge in [0.2, 0.25) is 5.43 Å². The van der Waals surface area contributed by atoms with E-state index >= 15 is 4.39 Å². The molecule has 5 rings (SSSR count). The lowest BCUT2D eigenvalue weighted by atomic mass is 9.82. The maximum atomic E-state index is 15.6. The van der Waals surface area contributed by atoms with E-state index in [0.29, 0.717) is 18.6 Å². The summed E-state index contributed by atoms with van der Waals surface area (Å²) in [6, 6.07) is 0.923. The number of benzene rings is 1. The molecule has 1 amide bonds. The monoisotopic (exact) mass is 531 g/mol. The smallest absolute Gasteiger partial charge is 0.410 e. The molecule has 10 heteroatoms. The highest BCUT2D eigenvalue weighted by Crippen LogP contribution is 2.45. The van der Waals surface area contributed by atoms with Crippen molar-refractivity contribution in [2.75, 3.05) is 25.0 Å². The number of nitrogens with zero attached hydrogens (tertiary/aromatic N) is 3. The molecule has 3 unspecified atom stereocenters. The lowest BCUT2D eigenvalue weighted by Crippen LogP contribution is -2.46. The minimum Gasteiger partial charge on any atom is -0.477 e. The first-order valence-corrected chi connectivity index (χ1v) is 12.9. The molecule has 2 aliphatic carbocycles. The summed E-state index contributed by atoms with van der Waals surface area (Å²) in [4.78, 5) is 40.8. The van der Waals surface area contributed by atoms with Crippen LogP contribution in [0.4, 0.5) is 14.9 Å². The number of hydrogen-bond acceptors (Lipinski definition) is 5. The largest absolute Gasteiger partial charge is 0.477 e. The first kappa shape index (κ1) is 25.6. The maximum Gasteiger partial charge on any atom is 0.410 e. The van der Waals surface area contributed by atoms with Crippen LogP contribution in [0.3, 0.4) is 0 Å². The highest BCUT2D eigenvalue weighted by Gasteiger charge is 2.43. The fraction of sp³-hybridized carbons (Fsp3) is 0.519. The molecular weight excluding hydrogens is 501 g/mol. The summed E-state index contributed by atoms with van der Waals surface area (Å²) in [5, 5.41) is 9.60. The Morgan fingerprint density at radius 3 is 2.57 bits per heavy atom. The van der Waals surface area contributed by atoms with E-state index < -0.39 is 34.5 Å². The number of aromatic carboxylic acids is 1. The Labute approximate surface area is 219 Å². The van der Waals surface area contributed by atoms with E-state index in [4.69, 9.17) is 16.3 Å². The van der Waals surface area contributed by atoms with Crippen LogP contribution in [0.5, 0.6) is 0 Å². The Bertz CT molecular complexity index is 1380. The predicted molar refractivity (Wildman–Crippen MR) is 139 cm³/mol. The van der Waals surface area contributed by atoms with E-state index in [-0.39, 0.29) is 40.0 Å². The van der Waals surface area contributed by atoms with Gasteiger partial charge in [-0.25, -0.2) is 14.0 Å². The molecule has 1 aromatic heterocycles. The molecule has 3 atom stereocenters. The van der Waals surface area contributed by atoms with Gasteiger partial charge >= 0.3 is 12.1 Å². The van der Waals surface area contributed by atoms with E-state index in [9.17, 15) is 19.5 Å². The minimum atomic E-state index is -1.35. The maximum absolute atomic E-state index is 15.6. The van der Waals surface area contributed by atoms with E-state index in [1.54, 1.807) is 16.5 Å². The normalized spacial score (nSPS) is 23.3. The number of anilines is 1. The van der Waals surface area contributed by atoms with E-state index in [1.165, 1.54) is 6.20 Å². The van der Waals surface area contributed by atoms with Crippen LogP contribution < -0.4 is 10.3 Å². The molecule has 1 aromatic carbocycles. The van der Waals surface area contributed by atoms with Crippen molar-refractivity contribution in [1.82, 2.24) is 9.47 Å². The van der Waals surface area contributed by atoms with Gasteiger partial charge in [-0.1, -0.05) is 23.8 Å². The fourth-order valence-electron chi connectivity index (χ4n) is 5.64. The number of carbonyl (C=O) groups is 2. The first-order valence-electron chi connectivity index (χ1n) is 12.5. The molecule has 2 heterocycles. The van der Waals surface area contributed by atoms with Crippen molar-refractivity contribution in [3.63, 3.8) is 0 Å². The third kappa shape index (κ3) is 4.58. The standard InChI is InChI=1S/C27H31ClFN3O5/c1-27(2,3)37-26(36)30(4)20-7-5-6-14-11-31(12-17(14)20)23-19(29)10-16-22(21(23)28)32(15-8-9-15)13-18(24(16)33)25(34)35/h5,7,10,13-15,17,20H,6,8-9,11-12H2,1-4H3,(H,34,35). The molecule has 1 aliphatic heterocycles. The predicted octanol–water partition coefficient (Wildman–Crippen LogP) is 5.07. The van der Waals surface area contributed by atoms with Gasteiger partial charge in [-0.05, 0) is 52.0 Å². The topological polar surface area (TPSA) is 92.1 Å². The second-order valence-electron chi connectivity index (χ2n) is 11.3. The minimum absolute atomic E-state index is 0.0224. The van der Waals surface area contributed by atoms with Crippen molar-refractivity contribution in [3.05, 3.63) is 51.0 Å². The molecule has 0 spiro atoms. The van der Waals surface area contributed by atoms with Gasteiger partial charge in [0.1, 0.15) is 17.0 Å². The number of hydrogen-bond donors (Lipinski definition) is 1. The van der Waals surface area contributed by atoms with Crippen LogP contribution in [0.1, 0.15) is 56.4 Å². The Hall–Kier alpha value is -3.07. The van der Waals surface area contributed by atoms with Gasteiger partial charge in [0.05, 0.1) is 27.7 Å². The lowest BCUT2D eigenvalue weighted by molar-refractivity contribution is 0.0195. The SMILES string of the molecule is CN(C(=O)OC(C)(C)C)C1C=CCC2CN(c3c(F)cc4c(=O)c(C(=O)O)cn(C5CC5)c4c3Cl)CC21. The third-order valence-corrected chi connectivity index (χ3v) is 7.86. The molecule has 1 saturated heterocycles. The van der Waals surface area contributed by atoms with Crippen molar-refractivity contribution in [2.24, 2.45) is 11.8 Å². The second kappa shape index (κ2) is 9.04. The molecule has 1 saturated carbocycles. The number of fused-ring (bicyclic) bond motifs is 2. The quantitative estimate of drug-likeness (QED) is 0.553. The van der Waals surface area contributed by atoms with Crippen LogP contribution in [-0.4, -0.2) is 58.4 Å². The van der Waals surface area contributed by atoms with Gasteiger partial charge in [0.15, 0.2) is 0 Å². The van der Waals surface area contributed by atoms with Gasteiger partial charge in [0.25, 0.3) is 0 Å². The summed E-state index contributed by atoms with van der Waals surface area (Å²) in [7, 11) is 1.71. The van der Waals surface area contributed by atoms with E-state index in [2.05, 4.69) is 0 Å². The van der Waals surface area contributed by atoms with Crippen molar-refractivity contribution < 1.29 is 23.8 Å². The number of amides is 1. The zero-order valence-corrected chi connectivity index (χ0v) is 22.1. The average Bonchev–Trinajstić information content (AvgIpc) is 3.56. The molecule has 198 valence electrons. The zero-order valence-electron chi connectivity index (χ0n) is 21.3. The molecule has 8 nitrogen and oxygen atoms in total. The molecule has 1 N–H and O–H groups in total.